The van der Waals surface area contributed by atoms with Gasteiger partial charge >= 0.3 is 0 Å². The van der Waals surface area contributed by atoms with Crippen LogP contribution in [0.25, 0.3) is 0 Å². The smallest absolute Gasteiger partial charge is 0.123 e. The van der Waals surface area contributed by atoms with Crippen molar-refractivity contribution in [3.8, 4) is 5.75 Å². The first-order valence-electron chi connectivity index (χ1n) is 6.14. The standard InChI is InChI=1S/C14H21NO/c1-11(2)16-13-6-4-3-5-12(13)14(7-8-14)9-10-15/h3-6,11H,7-10,15H2,1-2H3. The SMILES string of the molecule is CC(C)Oc1ccccc1C1(CCN)CC1. The van der Waals surface area contributed by atoms with Crippen LogP contribution in [0.2, 0.25) is 0 Å². The van der Waals surface area contributed by atoms with Crippen molar-refractivity contribution in [3.63, 3.8) is 0 Å². The van der Waals surface area contributed by atoms with Gasteiger partial charge in [-0.15, -0.1) is 0 Å². The highest BCUT2D eigenvalue weighted by atomic mass is 16.5. The van der Waals surface area contributed by atoms with Crippen molar-refractivity contribution in [2.24, 2.45) is 5.73 Å². The maximum absolute atomic E-state index is 5.88. The third kappa shape index (κ3) is 2.22. The predicted molar refractivity (Wildman–Crippen MR) is 66.8 cm³/mol. The Labute approximate surface area is 97.8 Å². The minimum absolute atomic E-state index is 0.231. The molecule has 0 atom stereocenters. The monoisotopic (exact) mass is 219 g/mol. The van der Waals surface area contributed by atoms with E-state index >= 15 is 0 Å². The number of hydrogen-bond donors (Lipinski definition) is 1. The molecule has 2 rings (SSSR count). The summed E-state index contributed by atoms with van der Waals surface area (Å²) in [5.41, 5.74) is 7.38. The molecule has 1 fully saturated rings. The lowest BCUT2D eigenvalue weighted by molar-refractivity contribution is 0.238. The average molecular weight is 219 g/mol. The summed E-state index contributed by atoms with van der Waals surface area (Å²) in [7, 11) is 0. The number of benzene rings is 1. The second kappa shape index (κ2) is 4.46. The molecule has 0 heterocycles. The molecule has 1 aliphatic carbocycles. The fourth-order valence-electron chi connectivity index (χ4n) is 2.34. The molecule has 2 nitrogen and oxygen atoms in total. The van der Waals surface area contributed by atoms with Gasteiger partial charge in [-0.25, -0.2) is 0 Å². The molecule has 0 bridgehead atoms. The molecule has 1 aromatic carbocycles. The van der Waals surface area contributed by atoms with Crippen LogP contribution in [0.5, 0.6) is 5.75 Å². The van der Waals surface area contributed by atoms with Crippen molar-refractivity contribution in [1.82, 2.24) is 0 Å². The second-order valence-electron chi connectivity index (χ2n) is 4.98. The van der Waals surface area contributed by atoms with Gasteiger partial charge in [-0.1, -0.05) is 18.2 Å². The molecule has 1 saturated carbocycles. The van der Waals surface area contributed by atoms with E-state index in [1.165, 1.54) is 18.4 Å². The van der Waals surface area contributed by atoms with Gasteiger partial charge in [0.1, 0.15) is 5.75 Å². The Bertz CT molecular complexity index is 356. The van der Waals surface area contributed by atoms with Crippen LogP contribution in [0.4, 0.5) is 0 Å². The van der Waals surface area contributed by atoms with Crippen LogP contribution in [0.3, 0.4) is 0 Å². The van der Waals surface area contributed by atoms with Gasteiger partial charge in [-0.3, -0.25) is 0 Å². The second-order valence-corrected chi connectivity index (χ2v) is 4.98. The largest absolute Gasteiger partial charge is 0.491 e. The van der Waals surface area contributed by atoms with Crippen LogP contribution in [-0.4, -0.2) is 12.6 Å². The summed E-state index contributed by atoms with van der Waals surface area (Å²) in [5.74, 6) is 1.04. The van der Waals surface area contributed by atoms with E-state index < -0.39 is 0 Å². The zero-order chi connectivity index (χ0) is 11.6. The molecular weight excluding hydrogens is 198 g/mol. The highest BCUT2D eigenvalue weighted by Crippen LogP contribution is 2.53. The molecule has 0 radical (unpaired) electrons. The average Bonchev–Trinajstić information content (AvgIpc) is 2.99. The summed E-state index contributed by atoms with van der Waals surface area (Å²) in [5, 5.41) is 0. The zero-order valence-electron chi connectivity index (χ0n) is 10.2. The first kappa shape index (κ1) is 11.5. The third-order valence-electron chi connectivity index (χ3n) is 3.30. The molecule has 0 aromatic heterocycles. The van der Waals surface area contributed by atoms with Crippen molar-refractivity contribution in [2.45, 2.75) is 44.6 Å². The first-order chi connectivity index (χ1) is 7.68. The summed E-state index contributed by atoms with van der Waals surface area (Å²) < 4.78 is 5.88. The lowest BCUT2D eigenvalue weighted by Crippen LogP contribution is -2.16. The van der Waals surface area contributed by atoms with Crippen LogP contribution in [-0.2, 0) is 5.41 Å². The molecule has 16 heavy (non-hydrogen) atoms. The number of nitrogens with two attached hydrogens (primary N) is 1. The first-order valence-corrected chi connectivity index (χ1v) is 6.14. The molecular formula is C14H21NO. The molecule has 1 aromatic rings. The fraction of sp³-hybridized carbons (Fsp3) is 0.571. The van der Waals surface area contributed by atoms with Gasteiger partial charge in [0.25, 0.3) is 0 Å². The Morgan fingerprint density at radius 2 is 2.00 bits per heavy atom. The molecule has 1 aliphatic rings. The van der Waals surface area contributed by atoms with Gasteiger partial charge in [-0.2, -0.15) is 0 Å². The lowest BCUT2D eigenvalue weighted by Gasteiger charge is -2.20. The van der Waals surface area contributed by atoms with Gasteiger partial charge < -0.3 is 10.5 Å². The summed E-state index contributed by atoms with van der Waals surface area (Å²) in [6.45, 7) is 4.90. The van der Waals surface area contributed by atoms with Crippen LogP contribution in [0, 0.1) is 0 Å². The summed E-state index contributed by atoms with van der Waals surface area (Å²) in [4.78, 5) is 0. The van der Waals surface area contributed by atoms with Crippen molar-refractivity contribution < 1.29 is 4.74 Å². The number of hydrogen-bond acceptors (Lipinski definition) is 2. The van der Waals surface area contributed by atoms with E-state index in [0.29, 0.717) is 5.41 Å². The Hall–Kier alpha value is -1.02. The van der Waals surface area contributed by atoms with Crippen LogP contribution in [0.15, 0.2) is 24.3 Å². The predicted octanol–water partition coefficient (Wildman–Crippen LogP) is 2.85. The van der Waals surface area contributed by atoms with E-state index in [4.69, 9.17) is 10.5 Å². The van der Waals surface area contributed by atoms with E-state index in [2.05, 4.69) is 32.0 Å². The fourth-order valence-corrected chi connectivity index (χ4v) is 2.34. The van der Waals surface area contributed by atoms with Crippen molar-refractivity contribution >= 4 is 0 Å². The Balaban J connectivity index is 2.26. The zero-order valence-corrected chi connectivity index (χ0v) is 10.2. The number of ether oxygens (including phenoxy) is 1. The van der Waals surface area contributed by atoms with Gasteiger partial charge in [0.2, 0.25) is 0 Å². The molecule has 0 saturated heterocycles. The van der Waals surface area contributed by atoms with Crippen molar-refractivity contribution in [3.05, 3.63) is 29.8 Å². The summed E-state index contributed by atoms with van der Waals surface area (Å²) in [6, 6.07) is 8.41. The quantitative estimate of drug-likeness (QED) is 0.826. The van der Waals surface area contributed by atoms with E-state index in [-0.39, 0.29) is 6.10 Å². The van der Waals surface area contributed by atoms with Crippen LogP contribution in [0.1, 0.15) is 38.7 Å². The van der Waals surface area contributed by atoms with E-state index in [9.17, 15) is 0 Å². The topological polar surface area (TPSA) is 35.2 Å². The number of rotatable bonds is 5. The molecule has 2 heteroatoms. The number of para-hydroxylation sites is 1. The lowest BCUT2D eigenvalue weighted by atomic mass is 9.91. The molecule has 2 N–H and O–H groups in total. The van der Waals surface area contributed by atoms with Crippen molar-refractivity contribution in [1.29, 1.82) is 0 Å². The van der Waals surface area contributed by atoms with Gasteiger partial charge in [0, 0.05) is 11.0 Å². The van der Waals surface area contributed by atoms with Crippen LogP contribution >= 0.6 is 0 Å². The van der Waals surface area contributed by atoms with Gasteiger partial charge in [-0.05, 0) is 45.7 Å². The molecule has 0 amide bonds. The van der Waals surface area contributed by atoms with E-state index in [1.807, 2.05) is 6.07 Å². The Kier molecular flexibility index (Phi) is 3.20. The van der Waals surface area contributed by atoms with Gasteiger partial charge in [0.15, 0.2) is 0 Å². The van der Waals surface area contributed by atoms with E-state index in [0.717, 1.165) is 18.7 Å². The molecule has 88 valence electrons. The highest BCUT2D eigenvalue weighted by molar-refractivity contribution is 5.43. The highest BCUT2D eigenvalue weighted by Gasteiger charge is 2.45. The minimum atomic E-state index is 0.231. The minimum Gasteiger partial charge on any atom is -0.491 e. The third-order valence-corrected chi connectivity index (χ3v) is 3.30. The molecule has 0 aliphatic heterocycles. The Morgan fingerprint density at radius 1 is 1.31 bits per heavy atom. The summed E-state index contributed by atoms with van der Waals surface area (Å²) >= 11 is 0. The maximum Gasteiger partial charge on any atom is 0.123 e. The molecule has 0 unspecified atom stereocenters. The normalized spacial score (nSPS) is 17.5. The van der Waals surface area contributed by atoms with E-state index in [1.54, 1.807) is 0 Å². The summed E-state index contributed by atoms with van der Waals surface area (Å²) in [6.07, 6.45) is 3.81. The molecule has 0 spiro atoms. The maximum atomic E-state index is 5.88. The van der Waals surface area contributed by atoms with Crippen LogP contribution < -0.4 is 10.5 Å². The van der Waals surface area contributed by atoms with Gasteiger partial charge in [0.05, 0.1) is 6.10 Å². The van der Waals surface area contributed by atoms with Crippen molar-refractivity contribution in [2.75, 3.05) is 6.54 Å². The Morgan fingerprint density at radius 3 is 2.56 bits per heavy atom.